The van der Waals surface area contributed by atoms with Crippen LogP contribution in [0, 0.1) is 5.92 Å². The summed E-state index contributed by atoms with van der Waals surface area (Å²) in [5.74, 6) is -1.60. The summed E-state index contributed by atoms with van der Waals surface area (Å²) in [6.07, 6.45) is -2.92. The molecule has 1 aromatic carbocycles. The summed E-state index contributed by atoms with van der Waals surface area (Å²) in [6, 6.07) is 6.63. The van der Waals surface area contributed by atoms with Gasteiger partial charge in [0.15, 0.2) is 0 Å². The van der Waals surface area contributed by atoms with Crippen LogP contribution >= 0.6 is 15.9 Å². The number of carbonyl (C=O) groups is 1. The quantitative estimate of drug-likeness (QED) is 0.790. The first-order valence-corrected chi connectivity index (χ1v) is 8.05. The molecule has 0 heterocycles. The highest BCUT2D eigenvalue weighted by Gasteiger charge is 2.42. The molecule has 21 heavy (non-hydrogen) atoms. The van der Waals surface area contributed by atoms with Gasteiger partial charge in [0.1, 0.15) is 0 Å². The third-order valence-corrected chi connectivity index (χ3v) is 4.49. The summed E-state index contributed by atoms with van der Waals surface area (Å²) >= 11 is 3.32. The lowest BCUT2D eigenvalue weighted by atomic mass is 9.85. The number of amides is 1. The minimum atomic E-state index is -4.17. The maximum absolute atomic E-state index is 12.7. The van der Waals surface area contributed by atoms with Gasteiger partial charge in [-0.2, -0.15) is 13.2 Å². The van der Waals surface area contributed by atoms with Gasteiger partial charge in [-0.1, -0.05) is 34.5 Å². The van der Waals surface area contributed by atoms with Gasteiger partial charge >= 0.3 is 6.18 Å². The van der Waals surface area contributed by atoms with Gasteiger partial charge in [0.2, 0.25) is 0 Å². The van der Waals surface area contributed by atoms with Gasteiger partial charge in [0, 0.05) is 16.9 Å². The number of rotatable bonds is 3. The molecule has 0 aromatic heterocycles. The van der Waals surface area contributed by atoms with E-state index in [0.717, 1.165) is 5.56 Å². The van der Waals surface area contributed by atoms with Gasteiger partial charge in [-0.25, -0.2) is 0 Å². The Morgan fingerprint density at radius 2 is 1.90 bits per heavy atom. The van der Waals surface area contributed by atoms with Crippen molar-refractivity contribution in [3.63, 3.8) is 0 Å². The second-order valence-electron chi connectivity index (χ2n) is 5.41. The van der Waals surface area contributed by atoms with E-state index in [4.69, 9.17) is 0 Å². The van der Waals surface area contributed by atoms with Crippen molar-refractivity contribution in [2.75, 3.05) is 0 Å². The van der Waals surface area contributed by atoms with Crippen molar-refractivity contribution < 1.29 is 18.0 Å². The number of benzene rings is 1. The number of halogens is 4. The van der Waals surface area contributed by atoms with E-state index in [1.165, 1.54) is 0 Å². The molecule has 6 heteroatoms. The third kappa shape index (κ3) is 4.46. The molecular formula is C15H17BrF3NO. The Kier molecular flexibility index (Phi) is 5.30. The van der Waals surface area contributed by atoms with Gasteiger partial charge in [0.25, 0.3) is 5.91 Å². The zero-order chi connectivity index (χ0) is 15.5. The molecule has 2 nitrogen and oxygen atoms in total. The largest absolute Gasteiger partial charge is 0.391 e. The highest BCUT2D eigenvalue weighted by Crippen LogP contribution is 2.37. The van der Waals surface area contributed by atoms with Gasteiger partial charge < -0.3 is 5.32 Å². The van der Waals surface area contributed by atoms with E-state index in [0.29, 0.717) is 23.7 Å². The van der Waals surface area contributed by atoms with Gasteiger partial charge in [-0.3, -0.25) is 4.79 Å². The Labute approximate surface area is 130 Å². The molecule has 1 saturated carbocycles. The van der Waals surface area contributed by atoms with E-state index in [1.807, 2.05) is 12.1 Å². The predicted molar refractivity (Wildman–Crippen MR) is 78.3 cm³/mol. The van der Waals surface area contributed by atoms with Crippen LogP contribution in [0.5, 0.6) is 0 Å². The first-order valence-electron chi connectivity index (χ1n) is 6.92. The second-order valence-corrected chi connectivity index (χ2v) is 5.97. The van der Waals surface area contributed by atoms with Crippen LogP contribution < -0.4 is 5.32 Å². The molecule has 0 aliphatic heterocycles. The third-order valence-electron chi connectivity index (χ3n) is 3.84. The van der Waals surface area contributed by atoms with Crippen molar-refractivity contribution in [3.05, 3.63) is 35.4 Å². The van der Waals surface area contributed by atoms with Crippen molar-refractivity contribution in [1.82, 2.24) is 5.32 Å². The Hall–Kier alpha value is -1.04. The lowest BCUT2D eigenvalue weighted by molar-refractivity contribution is -0.183. The summed E-state index contributed by atoms with van der Waals surface area (Å²) < 4.78 is 38.2. The fourth-order valence-electron chi connectivity index (χ4n) is 2.63. The average molecular weight is 364 g/mol. The first-order chi connectivity index (χ1) is 9.90. The number of carbonyl (C=O) groups excluding carboxylic acids is 1. The predicted octanol–water partition coefficient (Wildman–Crippen LogP) is 4.43. The van der Waals surface area contributed by atoms with Crippen LogP contribution in [-0.4, -0.2) is 18.1 Å². The monoisotopic (exact) mass is 363 g/mol. The van der Waals surface area contributed by atoms with Gasteiger partial charge in [-0.05, 0) is 37.0 Å². The highest BCUT2D eigenvalue weighted by molar-refractivity contribution is 9.08. The standard InChI is InChI=1S/C15H17BrF3NO/c16-9-10-4-6-11(7-5-10)14(21)20-13-3-1-2-12(8-13)15(17,18)19/h4-7,12-13H,1-3,8-9H2,(H,20,21). The van der Waals surface area contributed by atoms with E-state index in [-0.39, 0.29) is 18.7 Å². The van der Waals surface area contributed by atoms with Crippen LogP contribution in [0.3, 0.4) is 0 Å². The van der Waals surface area contributed by atoms with Crippen molar-refractivity contribution in [2.45, 2.75) is 43.2 Å². The fourth-order valence-corrected chi connectivity index (χ4v) is 3.01. The summed E-state index contributed by atoms with van der Waals surface area (Å²) in [6.45, 7) is 0. The molecule has 116 valence electrons. The van der Waals surface area contributed by atoms with E-state index >= 15 is 0 Å². The number of hydrogen-bond donors (Lipinski definition) is 1. The van der Waals surface area contributed by atoms with Gasteiger partial charge in [-0.15, -0.1) is 0 Å². The normalized spacial score (nSPS) is 22.9. The van der Waals surface area contributed by atoms with E-state index < -0.39 is 18.1 Å². The molecular weight excluding hydrogens is 347 g/mol. The molecule has 2 atom stereocenters. The van der Waals surface area contributed by atoms with Crippen molar-refractivity contribution in [3.8, 4) is 0 Å². The Morgan fingerprint density at radius 3 is 2.48 bits per heavy atom. The SMILES string of the molecule is O=C(NC1CCCC(C(F)(F)F)C1)c1ccc(CBr)cc1. The second kappa shape index (κ2) is 6.81. The van der Waals surface area contributed by atoms with E-state index in [2.05, 4.69) is 21.2 Å². The maximum atomic E-state index is 12.7. The summed E-state index contributed by atoms with van der Waals surface area (Å²) in [5.41, 5.74) is 1.52. The molecule has 0 spiro atoms. The molecule has 1 aliphatic carbocycles. The topological polar surface area (TPSA) is 29.1 Å². The molecule has 0 radical (unpaired) electrons. The molecule has 0 bridgehead atoms. The lowest BCUT2D eigenvalue weighted by Crippen LogP contribution is -2.41. The number of alkyl halides is 4. The van der Waals surface area contributed by atoms with Crippen molar-refractivity contribution >= 4 is 21.8 Å². The molecule has 1 aliphatic rings. The maximum Gasteiger partial charge on any atom is 0.391 e. The zero-order valence-electron chi connectivity index (χ0n) is 11.4. The van der Waals surface area contributed by atoms with Crippen LogP contribution in [0.2, 0.25) is 0 Å². The Balaban J connectivity index is 1.95. The van der Waals surface area contributed by atoms with Crippen LogP contribution in [-0.2, 0) is 5.33 Å². The van der Waals surface area contributed by atoms with Crippen molar-refractivity contribution in [2.24, 2.45) is 5.92 Å². The molecule has 1 N–H and O–H groups in total. The van der Waals surface area contributed by atoms with Gasteiger partial charge in [0.05, 0.1) is 5.92 Å². The van der Waals surface area contributed by atoms with Crippen LogP contribution in [0.25, 0.3) is 0 Å². The van der Waals surface area contributed by atoms with Crippen LogP contribution in [0.4, 0.5) is 13.2 Å². The lowest BCUT2D eigenvalue weighted by Gasteiger charge is -2.31. The van der Waals surface area contributed by atoms with E-state index in [1.54, 1.807) is 12.1 Å². The number of nitrogens with one attached hydrogen (secondary N) is 1. The first kappa shape index (κ1) is 16.3. The highest BCUT2D eigenvalue weighted by atomic mass is 79.9. The average Bonchev–Trinajstić information content (AvgIpc) is 2.47. The smallest absolute Gasteiger partial charge is 0.349 e. The molecule has 2 unspecified atom stereocenters. The fraction of sp³-hybridized carbons (Fsp3) is 0.533. The number of hydrogen-bond acceptors (Lipinski definition) is 1. The molecule has 1 fully saturated rings. The molecule has 2 rings (SSSR count). The summed E-state index contributed by atoms with van der Waals surface area (Å²) in [5, 5.41) is 3.42. The summed E-state index contributed by atoms with van der Waals surface area (Å²) in [7, 11) is 0. The molecule has 0 saturated heterocycles. The van der Waals surface area contributed by atoms with Crippen LogP contribution in [0.15, 0.2) is 24.3 Å². The van der Waals surface area contributed by atoms with E-state index in [9.17, 15) is 18.0 Å². The minimum Gasteiger partial charge on any atom is -0.349 e. The summed E-state index contributed by atoms with van der Waals surface area (Å²) in [4.78, 5) is 12.1. The molecule has 1 amide bonds. The minimum absolute atomic E-state index is 0.0191. The van der Waals surface area contributed by atoms with Crippen molar-refractivity contribution in [1.29, 1.82) is 0 Å². The Morgan fingerprint density at radius 1 is 1.24 bits per heavy atom. The zero-order valence-corrected chi connectivity index (χ0v) is 13.0. The molecule has 1 aromatic rings. The van der Waals surface area contributed by atoms with Crippen LogP contribution in [0.1, 0.15) is 41.6 Å². The Bertz CT molecular complexity index is 487.